The molecule has 2 aromatic carbocycles. The lowest BCUT2D eigenvalue weighted by molar-refractivity contribution is 0.102. The van der Waals surface area contributed by atoms with Crippen LogP contribution >= 0.6 is 15.9 Å². The van der Waals surface area contributed by atoms with Crippen LogP contribution in [0.2, 0.25) is 0 Å². The van der Waals surface area contributed by atoms with Gasteiger partial charge in [0.1, 0.15) is 5.82 Å². The molecular weight excluding hydrogens is 297 g/mol. The monoisotopic (exact) mass is 307 g/mol. The van der Waals surface area contributed by atoms with Crippen LogP contribution in [-0.2, 0) is 0 Å². The zero-order chi connectivity index (χ0) is 13.1. The molecule has 0 radical (unpaired) electrons. The van der Waals surface area contributed by atoms with E-state index in [4.69, 9.17) is 0 Å². The highest BCUT2D eigenvalue weighted by atomic mass is 79.9. The first-order valence-corrected chi connectivity index (χ1v) is 6.20. The van der Waals surface area contributed by atoms with Crippen LogP contribution in [0.3, 0.4) is 0 Å². The minimum Gasteiger partial charge on any atom is -0.321 e. The summed E-state index contributed by atoms with van der Waals surface area (Å²) in [5, 5.41) is 2.68. The van der Waals surface area contributed by atoms with Crippen LogP contribution < -0.4 is 5.32 Å². The number of carbonyl (C=O) groups excluding carboxylic acids is 1. The van der Waals surface area contributed by atoms with E-state index in [9.17, 15) is 9.18 Å². The summed E-state index contributed by atoms with van der Waals surface area (Å²) >= 11 is 3.39. The lowest BCUT2D eigenvalue weighted by atomic mass is 10.2. The fourth-order valence-electron chi connectivity index (χ4n) is 1.58. The molecule has 0 aliphatic heterocycles. The third kappa shape index (κ3) is 2.59. The molecule has 1 N–H and O–H groups in total. The van der Waals surface area contributed by atoms with Crippen molar-refractivity contribution < 1.29 is 9.18 Å². The van der Waals surface area contributed by atoms with E-state index in [1.807, 2.05) is 19.1 Å². The summed E-state index contributed by atoms with van der Waals surface area (Å²) in [6, 6.07) is 11.4. The summed E-state index contributed by atoms with van der Waals surface area (Å²) in [5.74, 6) is -0.988. The van der Waals surface area contributed by atoms with Crippen LogP contribution in [0.1, 0.15) is 15.9 Å². The number of amides is 1. The van der Waals surface area contributed by atoms with Crippen LogP contribution in [0, 0.1) is 12.7 Å². The fourth-order valence-corrected chi connectivity index (χ4v) is 1.94. The molecule has 18 heavy (non-hydrogen) atoms. The van der Waals surface area contributed by atoms with E-state index in [2.05, 4.69) is 21.2 Å². The number of hydrogen-bond donors (Lipinski definition) is 1. The van der Waals surface area contributed by atoms with Gasteiger partial charge in [-0.05, 0) is 46.6 Å². The maximum Gasteiger partial charge on any atom is 0.258 e. The number of hydrogen-bond acceptors (Lipinski definition) is 1. The standard InChI is InChI=1S/C14H11BrFNO/c1-9-5-4-8-12(13(9)15)17-14(18)10-6-2-3-7-11(10)16/h2-8H,1H3,(H,17,18). The number of aryl methyl sites for hydroxylation is 1. The van der Waals surface area contributed by atoms with Crippen LogP contribution in [0.5, 0.6) is 0 Å². The molecule has 1 amide bonds. The average molecular weight is 308 g/mol. The molecule has 0 aliphatic carbocycles. The molecular formula is C14H11BrFNO. The van der Waals surface area contributed by atoms with Gasteiger partial charge in [-0.2, -0.15) is 0 Å². The zero-order valence-corrected chi connectivity index (χ0v) is 11.3. The van der Waals surface area contributed by atoms with E-state index < -0.39 is 11.7 Å². The van der Waals surface area contributed by atoms with Crippen molar-refractivity contribution in [2.45, 2.75) is 6.92 Å². The quantitative estimate of drug-likeness (QED) is 0.887. The molecule has 0 saturated carbocycles. The maximum atomic E-state index is 13.5. The second-order valence-electron chi connectivity index (χ2n) is 3.87. The Balaban J connectivity index is 2.27. The molecule has 92 valence electrons. The molecule has 0 saturated heterocycles. The van der Waals surface area contributed by atoms with Crippen LogP contribution in [0.15, 0.2) is 46.9 Å². The van der Waals surface area contributed by atoms with Gasteiger partial charge in [0, 0.05) is 4.47 Å². The molecule has 2 nitrogen and oxygen atoms in total. The van der Waals surface area contributed by atoms with Crippen LogP contribution in [-0.4, -0.2) is 5.91 Å². The summed E-state index contributed by atoms with van der Waals surface area (Å²) < 4.78 is 14.3. The summed E-state index contributed by atoms with van der Waals surface area (Å²) in [6.45, 7) is 1.92. The fraction of sp³-hybridized carbons (Fsp3) is 0.0714. The Morgan fingerprint density at radius 1 is 1.17 bits per heavy atom. The van der Waals surface area contributed by atoms with E-state index in [0.717, 1.165) is 10.0 Å². The third-order valence-corrected chi connectivity index (χ3v) is 3.61. The van der Waals surface area contributed by atoms with Gasteiger partial charge in [0.2, 0.25) is 0 Å². The van der Waals surface area contributed by atoms with Crippen molar-refractivity contribution in [1.82, 2.24) is 0 Å². The predicted molar refractivity (Wildman–Crippen MR) is 73.2 cm³/mol. The third-order valence-electron chi connectivity index (χ3n) is 2.56. The van der Waals surface area contributed by atoms with Crippen molar-refractivity contribution in [3.05, 3.63) is 63.9 Å². The number of halogens is 2. The predicted octanol–water partition coefficient (Wildman–Crippen LogP) is 4.15. The molecule has 2 rings (SSSR count). The van der Waals surface area contributed by atoms with E-state index >= 15 is 0 Å². The second kappa shape index (κ2) is 5.31. The molecule has 0 heterocycles. The van der Waals surface area contributed by atoms with Gasteiger partial charge in [0.15, 0.2) is 0 Å². The lowest BCUT2D eigenvalue weighted by Crippen LogP contribution is -2.14. The Bertz CT molecular complexity index is 598. The van der Waals surface area contributed by atoms with Crippen molar-refractivity contribution in [2.24, 2.45) is 0 Å². The number of rotatable bonds is 2. The minimum atomic E-state index is -0.529. The van der Waals surface area contributed by atoms with Gasteiger partial charge in [-0.15, -0.1) is 0 Å². The van der Waals surface area contributed by atoms with Gasteiger partial charge < -0.3 is 5.32 Å². The highest BCUT2D eigenvalue weighted by Gasteiger charge is 2.12. The summed E-state index contributed by atoms with van der Waals surface area (Å²) in [4.78, 5) is 11.9. The number of anilines is 1. The van der Waals surface area contributed by atoms with Gasteiger partial charge >= 0.3 is 0 Å². The molecule has 0 aliphatic rings. The van der Waals surface area contributed by atoms with Crippen LogP contribution in [0.4, 0.5) is 10.1 Å². The van der Waals surface area contributed by atoms with Crippen molar-refractivity contribution in [3.8, 4) is 0 Å². The van der Waals surface area contributed by atoms with Gasteiger partial charge in [0.05, 0.1) is 11.3 Å². The first-order chi connectivity index (χ1) is 8.59. The molecule has 0 atom stereocenters. The van der Waals surface area contributed by atoms with E-state index in [1.54, 1.807) is 18.2 Å². The molecule has 0 bridgehead atoms. The SMILES string of the molecule is Cc1cccc(NC(=O)c2ccccc2F)c1Br. The average Bonchev–Trinajstić information content (AvgIpc) is 2.35. The van der Waals surface area contributed by atoms with Crippen molar-refractivity contribution in [2.75, 3.05) is 5.32 Å². The Morgan fingerprint density at radius 2 is 1.89 bits per heavy atom. The number of carbonyl (C=O) groups is 1. The molecule has 0 aromatic heterocycles. The van der Waals surface area contributed by atoms with Gasteiger partial charge in [-0.3, -0.25) is 4.79 Å². The summed E-state index contributed by atoms with van der Waals surface area (Å²) in [7, 11) is 0. The van der Waals surface area contributed by atoms with E-state index in [-0.39, 0.29) is 5.56 Å². The highest BCUT2D eigenvalue weighted by Crippen LogP contribution is 2.26. The topological polar surface area (TPSA) is 29.1 Å². The largest absolute Gasteiger partial charge is 0.321 e. The van der Waals surface area contributed by atoms with Crippen molar-refractivity contribution in [3.63, 3.8) is 0 Å². The summed E-state index contributed by atoms with van der Waals surface area (Å²) in [5.41, 5.74) is 1.66. The molecule has 0 spiro atoms. The number of benzene rings is 2. The normalized spacial score (nSPS) is 10.2. The number of nitrogens with one attached hydrogen (secondary N) is 1. The molecule has 0 unspecified atom stereocenters. The Hall–Kier alpha value is -1.68. The van der Waals surface area contributed by atoms with Crippen molar-refractivity contribution >= 4 is 27.5 Å². The first-order valence-electron chi connectivity index (χ1n) is 5.40. The van der Waals surface area contributed by atoms with Gasteiger partial charge in [0.25, 0.3) is 5.91 Å². The Morgan fingerprint density at radius 3 is 2.61 bits per heavy atom. The zero-order valence-electron chi connectivity index (χ0n) is 9.71. The Labute approximate surface area is 113 Å². The van der Waals surface area contributed by atoms with E-state index in [0.29, 0.717) is 5.69 Å². The second-order valence-corrected chi connectivity index (χ2v) is 4.66. The van der Waals surface area contributed by atoms with Gasteiger partial charge in [-0.25, -0.2) is 4.39 Å². The van der Waals surface area contributed by atoms with Crippen LogP contribution in [0.25, 0.3) is 0 Å². The summed E-state index contributed by atoms with van der Waals surface area (Å²) in [6.07, 6.45) is 0. The van der Waals surface area contributed by atoms with E-state index in [1.165, 1.54) is 12.1 Å². The molecule has 4 heteroatoms. The molecule has 0 fully saturated rings. The lowest BCUT2D eigenvalue weighted by Gasteiger charge is -2.09. The Kier molecular flexibility index (Phi) is 3.77. The minimum absolute atomic E-state index is 0.0332. The first kappa shape index (κ1) is 12.8. The smallest absolute Gasteiger partial charge is 0.258 e. The highest BCUT2D eigenvalue weighted by molar-refractivity contribution is 9.10. The van der Waals surface area contributed by atoms with Crippen molar-refractivity contribution in [1.29, 1.82) is 0 Å². The maximum absolute atomic E-state index is 13.5. The molecule has 2 aromatic rings. The van der Waals surface area contributed by atoms with Gasteiger partial charge in [-0.1, -0.05) is 24.3 Å².